The van der Waals surface area contributed by atoms with Gasteiger partial charge in [-0.3, -0.25) is 0 Å². The highest BCUT2D eigenvalue weighted by Crippen LogP contribution is 2.20. The monoisotopic (exact) mass is 329 g/mol. The minimum atomic E-state index is -3.63. The Kier molecular flexibility index (Phi) is 5.15. The molecular weight excluding hydrogens is 310 g/mol. The molecule has 2 aromatic heterocycles. The molecule has 0 fully saturated rings. The van der Waals surface area contributed by atoms with E-state index in [9.17, 15) is 8.42 Å². The number of thiazole rings is 1. The molecule has 8 heteroatoms. The Labute approximate surface area is 128 Å². The quantitative estimate of drug-likeness (QED) is 0.840. The number of nitrogens with zero attached hydrogens (tertiary/aromatic N) is 2. The molecule has 21 heavy (non-hydrogen) atoms. The van der Waals surface area contributed by atoms with E-state index in [2.05, 4.69) is 10.3 Å². The second-order valence-electron chi connectivity index (χ2n) is 4.62. The topological polar surface area (TPSA) is 75.4 Å². The van der Waals surface area contributed by atoms with Crippen molar-refractivity contribution >= 4 is 21.4 Å². The van der Waals surface area contributed by atoms with Gasteiger partial charge in [0, 0.05) is 12.4 Å². The fourth-order valence-corrected chi connectivity index (χ4v) is 3.45. The van der Waals surface area contributed by atoms with Gasteiger partial charge in [-0.1, -0.05) is 6.92 Å². The molecule has 0 spiro atoms. The van der Waals surface area contributed by atoms with Crippen LogP contribution in [0.2, 0.25) is 0 Å². The third kappa shape index (κ3) is 3.91. The van der Waals surface area contributed by atoms with Crippen molar-refractivity contribution in [2.75, 3.05) is 13.6 Å². The largest absolute Gasteiger partial charge is 0.447 e. The number of hydrogen-bond acceptors (Lipinski definition) is 6. The van der Waals surface area contributed by atoms with E-state index in [1.54, 1.807) is 6.07 Å². The first-order valence-corrected chi connectivity index (χ1v) is 8.92. The standard InChI is InChI=1S/C13H19N3O3S2/c1-4-14-7-12-5-6-13(19-12)21(17,18)16(3)8-11-9-20-10(2)15-11/h5-6,9,14H,4,7-8H2,1-3H3. The first-order chi connectivity index (χ1) is 9.93. The van der Waals surface area contributed by atoms with Gasteiger partial charge in [0.15, 0.2) is 0 Å². The van der Waals surface area contributed by atoms with Gasteiger partial charge in [-0.05, 0) is 25.6 Å². The molecule has 0 aliphatic heterocycles. The maximum atomic E-state index is 12.4. The van der Waals surface area contributed by atoms with Gasteiger partial charge >= 0.3 is 0 Å². The average Bonchev–Trinajstić information content (AvgIpc) is 3.06. The third-order valence-corrected chi connectivity index (χ3v) is 5.40. The van der Waals surface area contributed by atoms with Gasteiger partial charge < -0.3 is 9.73 Å². The second kappa shape index (κ2) is 6.69. The Hall–Kier alpha value is -1.22. The lowest BCUT2D eigenvalue weighted by molar-refractivity contribution is 0.379. The molecule has 1 N–H and O–H groups in total. The summed E-state index contributed by atoms with van der Waals surface area (Å²) >= 11 is 1.50. The molecule has 2 heterocycles. The fraction of sp³-hybridized carbons (Fsp3) is 0.462. The highest BCUT2D eigenvalue weighted by molar-refractivity contribution is 7.88. The molecule has 0 aliphatic rings. The summed E-state index contributed by atoms with van der Waals surface area (Å²) in [6, 6.07) is 3.17. The highest BCUT2D eigenvalue weighted by Gasteiger charge is 2.25. The summed E-state index contributed by atoms with van der Waals surface area (Å²) in [5.74, 6) is 0.605. The van der Waals surface area contributed by atoms with E-state index in [0.717, 1.165) is 17.2 Å². The maximum absolute atomic E-state index is 12.4. The van der Waals surface area contributed by atoms with E-state index in [-0.39, 0.29) is 11.6 Å². The molecule has 2 rings (SSSR count). The zero-order valence-electron chi connectivity index (χ0n) is 12.3. The van der Waals surface area contributed by atoms with Crippen LogP contribution in [0.5, 0.6) is 0 Å². The molecule has 0 aliphatic carbocycles. The van der Waals surface area contributed by atoms with Crippen molar-refractivity contribution in [1.82, 2.24) is 14.6 Å². The first kappa shape index (κ1) is 16.2. The molecule has 0 amide bonds. The lowest BCUT2D eigenvalue weighted by atomic mass is 10.4. The number of furan rings is 1. The van der Waals surface area contributed by atoms with Crippen LogP contribution in [0.4, 0.5) is 0 Å². The summed E-state index contributed by atoms with van der Waals surface area (Å²) in [5, 5.41) is 5.83. The Morgan fingerprint density at radius 2 is 2.19 bits per heavy atom. The van der Waals surface area contributed by atoms with Crippen molar-refractivity contribution in [2.45, 2.75) is 32.0 Å². The lowest BCUT2D eigenvalue weighted by Gasteiger charge is -2.13. The molecular formula is C13H19N3O3S2. The SMILES string of the molecule is CCNCc1ccc(S(=O)(=O)N(C)Cc2csc(C)n2)o1. The van der Waals surface area contributed by atoms with Gasteiger partial charge in [0.25, 0.3) is 10.0 Å². The summed E-state index contributed by atoms with van der Waals surface area (Å²) in [7, 11) is -2.10. The number of sulfonamides is 1. The molecule has 0 radical (unpaired) electrons. The summed E-state index contributed by atoms with van der Waals surface area (Å²) in [4.78, 5) is 4.28. The van der Waals surface area contributed by atoms with Crippen molar-refractivity contribution in [3.8, 4) is 0 Å². The van der Waals surface area contributed by atoms with Gasteiger partial charge in [0.05, 0.1) is 23.8 Å². The highest BCUT2D eigenvalue weighted by atomic mass is 32.2. The number of aryl methyl sites for hydroxylation is 1. The van der Waals surface area contributed by atoms with Crippen molar-refractivity contribution in [3.05, 3.63) is 34.0 Å². The minimum absolute atomic E-state index is 0.0372. The van der Waals surface area contributed by atoms with Crippen molar-refractivity contribution in [3.63, 3.8) is 0 Å². The van der Waals surface area contributed by atoms with Crippen LogP contribution in [0, 0.1) is 6.92 Å². The minimum Gasteiger partial charge on any atom is -0.447 e. The number of rotatable bonds is 7. The van der Waals surface area contributed by atoms with Crippen molar-refractivity contribution < 1.29 is 12.8 Å². The summed E-state index contributed by atoms with van der Waals surface area (Å²) in [6.07, 6.45) is 0. The summed E-state index contributed by atoms with van der Waals surface area (Å²) in [5.41, 5.74) is 0.739. The smallest absolute Gasteiger partial charge is 0.276 e. The van der Waals surface area contributed by atoms with Gasteiger partial charge in [0.1, 0.15) is 5.76 Å². The Bertz CT molecular complexity index is 691. The Balaban J connectivity index is 2.11. The predicted molar refractivity (Wildman–Crippen MR) is 81.6 cm³/mol. The molecule has 116 valence electrons. The molecule has 0 saturated heterocycles. The molecule has 0 saturated carbocycles. The van der Waals surface area contributed by atoms with Crippen molar-refractivity contribution in [1.29, 1.82) is 0 Å². The summed E-state index contributed by atoms with van der Waals surface area (Å²) in [6.45, 7) is 5.41. The third-order valence-electron chi connectivity index (χ3n) is 2.90. The van der Waals surface area contributed by atoms with Crippen LogP contribution >= 0.6 is 11.3 Å². The molecule has 0 bridgehead atoms. The van der Waals surface area contributed by atoms with Crippen LogP contribution in [0.15, 0.2) is 27.0 Å². The Morgan fingerprint density at radius 3 is 2.81 bits per heavy atom. The summed E-state index contributed by atoms with van der Waals surface area (Å²) < 4.78 is 31.5. The number of aromatic nitrogens is 1. The number of nitrogens with one attached hydrogen (secondary N) is 1. The zero-order chi connectivity index (χ0) is 15.5. The van der Waals surface area contributed by atoms with E-state index in [0.29, 0.717) is 12.3 Å². The normalized spacial score (nSPS) is 12.2. The zero-order valence-corrected chi connectivity index (χ0v) is 13.9. The van der Waals surface area contributed by atoms with E-state index < -0.39 is 10.0 Å². The van der Waals surface area contributed by atoms with Gasteiger partial charge in [-0.25, -0.2) is 13.4 Å². The van der Waals surface area contributed by atoms with Crippen LogP contribution in [0.1, 0.15) is 23.4 Å². The van der Waals surface area contributed by atoms with Gasteiger partial charge in [-0.15, -0.1) is 11.3 Å². The van der Waals surface area contributed by atoms with Crippen LogP contribution < -0.4 is 5.32 Å². The van der Waals surface area contributed by atoms with E-state index in [1.165, 1.54) is 28.8 Å². The van der Waals surface area contributed by atoms with Gasteiger partial charge in [-0.2, -0.15) is 4.31 Å². The second-order valence-corrected chi connectivity index (χ2v) is 7.66. The molecule has 6 nitrogen and oxygen atoms in total. The van der Waals surface area contributed by atoms with E-state index >= 15 is 0 Å². The van der Waals surface area contributed by atoms with Gasteiger partial charge in [0.2, 0.25) is 5.09 Å². The van der Waals surface area contributed by atoms with Crippen LogP contribution in [-0.2, 0) is 23.1 Å². The van der Waals surface area contributed by atoms with E-state index in [4.69, 9.17) is 4.42 Å². The molecule has 0 aromatic carbocycles. The lowest BCUT2D eigenvalue weighted by Crippen LogP contribution is -2.26. The molecule has 0 atom stereocenters. The average molecular weight is 329 g/mol. The van der Waals surface area contributed by atoms with Crippen molar-refractivity contribution in [2.24, 2.45) is 0 Å². The van der Waals surface area contributed by atoms with E-state index in [1.807, 2.05) is 19.2 Å². The maximum Gasteiger partial charge on any atom is 0.276 e. The molecule has 2 aromatic rings. The Morgan fingerprint density at radius 1 is 1.43 bits per heavy atom. The first-order valence-electron chi connectivity index (χ1n) is 6.60. The molecule has 0 unspecified atom stereocenters. The van der Waals surface area contributed by atoms with Crippen LogP contribution in [0.25, 0.3) is 0 Å². The van der Waals surface area contributed by atoms with Crippen LogP contribution in [-0.4, -0.2) is 31.3 Å². The van der Waals surface area contributed by atoms with Crippen LogP contribution in [0.3, 0.4) is 0 Å². The predicted octanol–water partition coefficient (Wildman–Crippen LogP) is 1.97. The fourth-order valence-electron chi connectivity index (χ4n) is 1.79. The number of hydrogen-bond donors (Lipinski definition) is 1.